The molecule has 0 spiro atoms. The quantitative estimate of drug-likeness (QED) is 0.0261. The number of unbranched alkanes of at least 4 members (excludes halogenated alkanes) is 37. The maximum absolute atomic E-state index is 12.9. The van der Waals surface area contributed by atoms with Crippen LogP contribution < -0.4 is 0 Å². The zero-order chi connectivity index (χ0) is 57.1. The van der Waals surface area contributed by atoms with Crippen LogP contribution in [0, 0.1) is 0 Å². The standard InChI is InChI=1S/C73H128O6/c1-4-7-10-13-16-19-22-25-28-31-34-35-36-37-38-40-42-45-48-51-54-57-60-63-66-72(75)78-69-70(68-77-71(74)65-62-59-56-53-50-47-44-41-33-30-27-24-21-18-15-12-9-6-3)79-73(76)67-64-61-58-55-52-49-46-43-39-32-29-26-23-20-17-14-11-8-5-2/h8,11,17,20-21,24,26,29-30,33,39,43,49,52,70H,4-7,9-10,12-16,18-19,22-23,25,27-28,31-32,34-38,40-42,44-48,50-51,53-69H2,1-3H3/b11-8-,20-17-,24-21-,29-26-,33-30-,43-39-,52-49-. The normalized spacial score (nSPS) is 12.6. The van der Waals surface area contributed by atoms with Crippen molar-refractivity contribution in [3.63, 3.8) is 0 Å². The average molecular weight is 1100 g/mol. The van der Waals surface area contributed by atoms with E-state index in [0.29, 0.717) is 12.8 Å². The Morgan fingerprint density at radius 3 is 0.797 bits per heavy atom. The summed E-state index contributed by atoms with van der Waals surface area (Å²) in [6, 6.07) is 0. The molecule has 0 N–H and O–H groups in total. The zero-order valence-electron chi connectivity index (χ0n) is 52.4. The van der Waals surface area contributed by atoms with Crippen LogP contribution in [0.25, 0.3) is 0 Å². The molecule has 0 aliphatic rings. The number of carbonyl (C=O) groups excluding carboxylic acids is 3. The topological polar surface area (TPSA) is 78.9 Å². The average Bonchev–Trinajstić information content (AvgIpc) is 3.45. The summed E-state index contributed by atoms with van der Waals surface area (Å²) in [7, 11) is 0. The Morgan fingerprint density at radius 2 is 0.494 bits per heavy atom. The van der Waals surface area contributed by atoms with Gasteiger partial charge in [0.2, 0.25) is 0 Å². The van der Waals surface area contributed by atoms with Crippen molar-refractivity contribution in [3.05, 3.63) is 85.1 Å². The van der Waals surface area contributed by atoms with Crippen LogP contribution in [0.5, 0.6) is 0 Å². The van der Waals surface area contributed by atoms with Crippen LogP contribution in [-0.4, -0.2) is 37.2 Å². The second-order valence-electron chi connectivity index (χ2n) is 22.7. The molecule has 0 aromatic heterocycles. The van der Waals surface area contributed by atoms with Crippen molar-refractivity contribution in [2.75, 3.05) is 13.2 Å². The number of hydrogen-bond acceptors (Lipinski definition) is 6. The molecular weight excluding hydrogens is 973 g/mol. The highest BCUT2D eigenvalue weighted by molar-refractivity contribution is 5.71. The molecule has 0 rings (SSSR count). The fraction of sp³-hybridized carbons (Fsp3) is 0.767. The molecule has 0 aromatic carbocycles. The van der Waals surface area contributed by atoms with E-state index in [2.05, 4.69) is 106 Å². The van der Waals surface area contributed by atoms with E-state index in [0.717, 1.165) is 109 Å². The van der Waals surface area contributed by atoms with Crippen LogP contribution in [0.1, 0.15) is 342 Å². The molecule has 79 heavy (non-hydrogen) atoms. The van der Waals surface area contributed by atoms with Gasteiger partial charge in [-0.1, -0.05) is 311 Å². The van der Waals surface area contributed by atoms with E-state index < -0.39 is 6.10 Å². The molecule has 1 unspecified atom stereocenters. The van der Waals surface area contributed by atoms with Crippen LogP contribution >= 0.6 is 0 Å². The van der Waals surface area contributed by atoms with Gasteiger partial charge in [-0.05, 0) is 96.3 Å². The molecule has 0 aromatic rings. The van der Waals surface area contributed by atoms with Gasteiger partial charge in [0, 0.05) is 19.3 Å². The fourth-order valence-corrected chi connectivity index (χ4v) is 9.80. The molecule has 0 bridgehead atoms. The summed E-state index contributed by atoms with van der Waals surface area (Å²) in [6.07, 6.45) is 88.9. The summed E-state index contributed by atoms with van der Waals surface area (Å²) in [5.41, 5.74) is 0. The third-order valence-electron chi connectivity index (χ3n) is 14.9. The van der Waals surface area contributed by atoms with Gasteiger partial charge >= 0.3 is 17.9 Å². The maximum Gasteiger partial charge on any atom is 0.306 e. The summed E-state index contributed by atoms with van der Waals surface area (Å²) in [6.45, 7) is 6.53. The molecule has 1 atom stereocenters. The first kappa shape index (κ1) is 75.6. The van der Waals surface area contributed by atoms with E-state index in [1.54, 1.807) is 0 Å². The lowest BCUT2D eigenvalue weighted by Gasteiger charge is -2.18. The molecule has 6 nitrogen and oxygen atoms in total. The zero-order valence-corrected chi connectivity index (χ0v) is 52.4. The summed E-state index contributed by atoms with van der Waals surface area (Å²) in [4.78, 5) is 38.4. The largest absolute Gasteiger partial charge is 0.462 e. The Morgan fingerprint density at radius 1 is 0.266 bits per heavy atom. The van der Waals surface area contributed by atoms with Crippen LogP contribution in [0.3, 0.4) is 0 Å². The molecule has 0 amide bonds. The van der Waals surface area contributed by atoms with Crippen LogP contribution in [0.2, 0.25) is 0 Å². The van der Waals surface area contributed by atoms with Crippen molar-refractivity contribution < 1.29 is 28.6 Å². The first-order valence-electron chi connectivity index (χ1n) is 34.1. The van der Waals surface area contributed by atoms with Crippen LogP contribution in [0.15, 0.2) is 85.1 Å². The van der Waals surface area contributed by atoms with E-state index in [1.807, 2.05) is 0 Å². The van der Waals surface area contributed by atoms with E-state index >= 15 is 0 Å². The molecule has 0 aliphatic heterocycles. The number of allylic oxidation sites excluding steroid dienone is 14. The van der Waals surface area contributed by atoms with Gasteiger partial charge in [-0.3, -0.25) is 14.4 Å². The van der Waals surface area contributed by atoms with Crippen molar-refractivity contribution in [1.82, 2.24) is 0 Å². The minimum absolute atomic E-state index is 0.0899. The monoisotopic (exact) mass is 1100 g/mol. The molecule has 6 heteroatoms. The highest BCUT2D eigenvalue weighted by Gasteiger charge is 2.19. The molecule has 0 radical (unpaired) electrons. The van der Waals surface area contributed by atoms with Crippen molar-refractivity contribution in [2.24, 2.45) is 0 Å². The minimum Gasteiger partial charge on any atom is -0.462 e. The first-order chi connectivity index (χ1) is 39.0. The SMILES string of the molecule is CC/C=C\C/C=C\C/C=C\C/C=C\C/C=C\CCCCCC(=O)OC(COC(=O)CCCCCCCCC/C=C\C/C=C\CCCCCC)COC(=O)CCCCCCCCCCCCCCCCCCCCCCCCCC. The van der Waals surface area contributed by atoms with Gasteiger partial charge in [0.25, 0.3) is 0 Å². The number of hydrogen-bond donors (Lipinski definition) is 0. The smallest absolute Gasteiger partial charge is 0.306 e. The van der Waals surface area contributed by atoms with Gasteiger partial charge < -0.3 is 14.2 Å². The van der Waals surface area contributed by atoms with Crippen LogP contribution in [-0.2, 0) is 28.6 Å². The Hall–Kier alpha value is -3.41. The van der Waals surface area contributed by atoms with Crippen molar-refractivity contribution in [1.29, 1.82) is 0 Å². The van der Waals surface area contributed by atoms with Gasteiger partial charge in [-0.25, -0.2) is 0 Å². The Bertz CT molecular complexity index is 1500. The van der Waals surface area contributed by atoms with Gasteiger partial charge in [0.15, 0.2) is 6.10 Å². The lowest BCUT2D eigenvalue weighted by molar-refractivity contribution is -0.167. The van der Waals surface area contributed by atoms with E-state index in [1.165, 1.54) is 193 Å². The highest BCUT2D eigenvalue weighted by Crippen LogP contribution is 2.17. The molecule has 0 saturated carbocycles. The first-order valence-corrected chi connectivity index (χ1v) is 34.1. The van der Waals surface area contributed by atoms with Crippen molar-refractivity contribution in [3.8, 4) is 0 Å². The number of carbonyl (C=O) groups is 3. The Labute approximate surface area is 490 Å². The van der Waals surface area contributed by atoms with Gasteiger partial charge in [0.05, 0.1) is 0 Å². The van der Waals surface area contributed by atoms with E-state index in [-0.39, 0.29) is 37.5 Å². The number of esters is 3. The number of rotatable bonds is 62. The van der Waals surface area contributed by atoms with Crippen molar-refractivity contribution >= 4 is 17.9 Å². The fourth-order valence-electron chi connectivity index (χ4n) is 9.80. The lowest BCUT2D eigenvalue weighted by Crippen LogP contribution is -2.30. The molecule has 0 saturated heterocycles. The predicted octanol–water partition coefficient (Wildman–Crippen LogP) is 23.4. The van der Waals surface area contributed by atoms with Crippen molar-refractivity contribution in [2.45, 2.75) is 348 Å². The Balaban J connectivity index is 4.38. The second kappa shape index (κ2) is 67.1. The minimum atomic E-state index is -0.799. The molecule has 0 aliphatic carbocycles. The maximum atomic E-state index is 12.9. The summed E-state index contributed by atoms with van der Waals surface area (Å²) in [5.74, 6) is -0.914. The highest BCUT2D eigenvalue weighted by atomic mass is 16.6. The Kier molecular flexibility index (Phi) is 64.2. The van der Waals surface area contributed by atoms with Gasteiger partial charge in [-0.15, -0.1) is 0 Å². The summed E-state index contributed by atoms with van der Waals surface area (Å²) >= 11 is 0. The number of ether oxygens (including phenoxy) is 3. The van der Waals surface area contributed by atoms with Crippen LogP contribution in [0.4, 0.5) is 0 Å². The summed E-state index contributed by atoms with van der Waals surface area (Å²) < 4.78 is 16.9. The molecular formula is C73H128O6. The second-order valence-corrected chi connectivity index (χ2v) is 22.7. The molecule has 456 valence electrons. The van der Waals surface area contributed by atoms with E-state index in [9.17, 15) is 14.4 Å². The third kappa shape index (κ3) is 65.3. The predicted molar refractivity (Wildman–Crippen MR) is 344 cm³/mol. The van der Waals surface area contributed by atoms with Gasteiger partial charge in [0.1, 0.15) is 13.2 Å². The van der Waals surface area contributed by atoms with E-state index in [4.69, 9.17) is 14.2 Å². The molecule has 0 fully saturated rings. The summed E-state index contributed by atoms with van der Waals surface area (Å²) in [5, 5.41) is 0. The molecule has 0 heterocycles. The third-order valence-corrected chi connectivity index (χ3v) is 14.9. The van der Waals surface area contributed by atoms with Gasteiger partial charge in [-0.2, -0.15) is 0 Å². The lowest BCUT2D eigenvalue weighted by atomic mass is 10.0.